The van der Waals surface area contributed by atoms with Crippen molar-refractivity contribution in [1.82, 2.24) is 9.88 Å². The SMILES string of the molecule is CC(C)(C)CC(=O)N1CCN(c2ccnc(OC3CCC(Cc4ccc([N+](=O)[O-])c(C(F)(F)F)c4)CC3)c2)CC1. The van der Waals surface area contributed by atoms with Crippen LogP contribution < -0.4 is 9.64 Å². The molecule has 4 rings (SSSR count). The molecule has 2 aliphatic rings. The van der Waals surface area contributed by atoms with Crippen LogP contribution in [0.15, 0.2) is 36.5 Å². The van der Waals surface area contributed by atoms with Gasteiger partial charge in [0.2, 0.25) is 11.8 Å². The van der Waals surface area contributed by atoms with Gasteiger partial charge in [-0.3, -0.25) is 14.9 Å². The summed E-state index contributed by atoms with van der Waals surface area (Å²) in [5.74, 6) is 0.909. The summed E-state index contributed by atoms with van der Waals surface area (Å²) in [5, 5.41) is 11.0. The monoisotopic (exact) mass is 562 g/mol. The molecule has 0 spiro atoms. The van der Waals surface area contributed by atoms with Gasteiger partial charge in [-0.05, 0) is 61.1 Å². The van der Waals surface area contributed by atoms with Crippen LogP contribution in [-0.2, 0) is 17.4 Å². The molecule has 11 heteroatoms. The molecular formula is C29H37F3N4O4. The van der Waals surface area contributed by atoms with Crippen molar-refractivity contribution in [3.63, 3.8) is 0 Å². The predicted molar refractivity (Wildman–Crippen MR) is 145 cm³/mol. The van der Waals surface area contributed by atoms with Crippen LogP contribution in [-0.4, -0.2) is 53.0 Å². The lowest BCUT2D eigenvalue weighted by molar-refractivity contribution is -0.388. The standard InChI is InChI=1S/C29H37F3N4O4/c1-28(2,3)19-27(37)35-14-12-34(13-15-35)22-10-11-33-26(18-22)40-23-7-4-20(5-8-23)16-21-6-9-25(36(38)39)24(17-21)29(30,31)32/h6,9-11,17-18,20,23H,4-5,7-8,12-16,19H2,1-3H3. The summed E-state index contributed by atoms with van der Waals surface area (Å²) in [5.41, 5.74) is -0.696. The number of hydrogen-bond donors (Lipinski definition) is 0. The fourth-order valence-corrected chi connectivity index (χ4v) is 5.49. The molecule has 0 radical (unpaired) electrons. The maximum atomic E-state index is 13.3. The van der Waals surface area contributed by atoms with Crippen molar-refractivity contribution in [1.29, 1.82) is 0 Å². The molecule has 0 N–H and O–H groups in total. The van der Waals surface area contributed by atoms with Crippen molar-refractivity contribution in [3.05, 3.63) is 57.8 Å². The van der Waals surface area contributed by atoms with Gasteiger partial charge in [0.25, 0.3) is 5.69 Å². The molecule has 1 saturated heterocycles. The summed E-state index contributed by atoms with van der Waals surface area (Å²) in [4.78, 5) is 31.1. The first kappa shape index (κ1) is 29.6. The number of carbonyl (C=O) groups excluding carboxylic acids is 1. The number of benzene rings is 1. The summed E-state index contributed by atoms with van der Waals surface area (Å²) >= 11 is 0. The number of aromatic nitrogens is 1. The van der Waals surface area contributed by atoms with Gasteiger partial charge in [-0.1, -0.05) is 26.8 Å². The Morgan fingerprint density at radius 1 is 1.05 bits per heavy atom. The zero-order valence-electron chi connectivity index (χ0n) is 23.2. The van der Waals surface area contributed by atoms with Crippen LogP contribution in [0.3, 0.4) is 0 Å². The highest BCUT2D eigenvalue weighted by Crippen LogP contribution is 2.38. The molecule has 0 atom stereocenters. The molecule has 218 valence electrons. The molecule has 2 aromatic rings. The molecule has 1 saturated carbocycles. The van der Waals surface area contributed by atoms with Crippen LogP contribution in [0.2, 0.25) is 0 Å². The predicted octanol–water partition coefficient (Wildman–Crippen LogP) is 6.27. The van der Waals surface area contributed by atoms with Crippen LogP contribution in [0.25, 0.3) is 0 Å². The van der Waals surface area contributed by atoms with Gasteiger partial charge in [-0.25, -0.2) is 4.98 Å². The first-order chi connectivity index (χ1) is 18.8. The Hall–Kier alpha value is -3.37. The number of amides is 1. The Morgan fingerprint density at radius 3 is 2.33 bits per heavy atom. The van der Waals surface area contributed by atoms with Gasteiger partial charge in [0, 0.05) is 56.6 Å². The van der Waals surface area contributed by atoms with Crippen molar-refractivity contribution < 1.29 is 27.6 Å². The molecule has 1 aliphatic carbocycles. The second-order valence-electron chi connectivity index (χ2n) is 12.0. The zero-order valence-corrected chi connectivity index (χ0v) is 23.2. The number of nitro benzene ring substituents is 1. The number of anilines is 1. The van der Waals surface area contributed by atoms with Crippen LogP contribution in [0, 0.1) is 21.4 Å². The number of alkyl halides is 3. The minimum absolute atomic E-state index is 0.0338. The van der Waals surface area contributed by atoms with Gasteiger partial charge >= 0.3 is 6.18 Å². The van der Waals surface area contributed by atoms with E-state index in [1.165, 1.54) is 6.07 Å². The Balaban J connectivity index is 1.28. The highest BCUT2D eigenvalue weighted by molar-refractivity contribution is 5.77. The van der Waals surface area contributed by atoms with Gasteiger partial charge in [0.05, 0.1) is 4.92 Å². The number of nitrogens with zero attached hydrogens (tertiary/aromatic N) is 4. The minimum atomic E-state index is -4.78. The highest BCUT2D eigenvalue weighted by Gasteiger charge is 2.38. The Morgan fingerprint density at radius 2 is 1.73 bits per heavy atom. The maximum absolute atomic E-state index is 13.3. The smallest absolute Gasteiger partial charge is 0.423 e. The lowest BCUT2D eigenvalue weighted by atomic mass is 9.83. The quantitative estimate of drug-likeness (QED) is 0.292. The first-order valence-corrected chi connectivity index (χ1v) is 13.8. The first-order valence-electron chi connectivity index (χ1n) is 13.8. The van der Waals surface area contributed by atoms with E-state index in [-0.39, 0.29) is 23.3 Å². The van der Waals surface area contributed by atoms with Crippen molar-refractivity contribution in [3.8, 4) is 5.88 Å². The fraction of sp³-hybridized carbons (Fsp3) is 0.586. The lowest BCUT2D eigenvalue weighted by Crippen LogP contribution is -2.49. The van der Waals surface area contributed by atoms with Crippen LogP contribution in [0.1, 0.15) is 64.0 Å². The Kier molecular flexibility index (Phi) is 8.90. The minimum Gasteiger partial charge on any atom is -0.474 e. The molecule has 1 aromatic heterocycles. The average molecular weight is 563 g/mol. The lowest BCUT2D eigenvalue weighted by Gasteiger charge is -2.37. The number of halogens is 3. The van der Waals surface area contributed by atoms with E-state index in [1.807, 2.05) is 17.0 Å². The summed E-state index contributed by atoms with van der Waals surface area (Å²) < 4.78 is 46.2. The van der Waals surface area contributed by atoms with Gasteiger partial charge in [0.1, 0.15) is 11.7 Å². The van der Waals surface area contributed by atoms with E-state index in [9.17, 15) is 28.1 Å². The van der Waals surface area contributed by atoms with Crippen molar-refractivity contribution in [2.75, 3.05) is 31.1 Å². The highest BCUT2D eigenvalue weighted by atomic mass is 19.4. The third kappa shape index (κ3) is 7.85. The van der Waals surface area contributed by atoms with Gasteiger partial charge < -0.3 is 14.5 Å². The molecule has 1 aliphatic heterocycles. The number of ether oxygens (including phenoxy) is 1. The molecule has 2 fully saturated rings. The third-order valence-electron chi connectivity index (χ3n) is 7.57. The van der Waals surface area contributed by atoms with Crippen LogP contribution in [0.4, 0.5) is 24.5 Å². The molecule has 8 nitrogen and oxygen atoms in total. The number of piperazine rings is 1. The van der Waals surface area contributed by atoms with E-state index in [0.29, 0.717) is 37.4 Å². The van der Waals surface area contributed by atoms with Crippen molar-refractivity contribution in [2.24, 2.45) is 11.3 Å². The average Bonchev–Trinajstić information content (AvgIpc) is 2.88. The van der Waals surface area contributed by atoms with Gasteiger partial charge in [-0.2, -0.15) is 13.2 Å². The largest absolute Gasteiger partial charge is 0.474 e. The molecular weight excluding hydrogens is 525 g/mol. The fourth-order valence-electron chi connectivity index (χ4n) is 5.49. The summed E-state index contributed by atoms with van der Waals surface area (Å²) in [6.07, 6.45) is 0.961. The molecule has 40 heavy (non-hydrogen) atoms. The number of pyridine rings is 1. The molecule has 2 heterocycles. The van der Waals surface area contributed by atoms with Crippen LogP contribution >= 0.6 is 0 Å². The van der Waals surface area contributed by atoms with E-state index < -0.39 is 22.4 Å². The second-order valence-corrected chi connectivity index (χ2v) is 12.0. The third-order valence-corrected chi connectivity index (χ3v) is 7.57. The Bertz CT molecular complexity index is 1200. The van der Waals surface area contributed by atoms with E-state index >= 15 is 0 Å². The molecule has 0 unspecified atom stereocenters. The van der Waals surface area contributed by atoms with E-state index in [4.69, 9.17) is 4.74 Å². The number of rotatable bonds is 7. The topological polar surface area (TPSA) is 88.8 Å². The molecule has 1 aromatic carbocycles. The molecule has 1 amide bonds. The number of nitro groups is 1. The second kappa shape index (κ2) is 12.0. The number of hydrogen-bond acceptors (Lipinski definition) is 6. The molecule has 0 bridgehead atoms. The van der Waals surface area contributed by atoms with E-state index in [1.54, 1.807) is 6.20 Å². The summed E-state index contributed by atoms with van der Waals surface area (Å²) in [6.45, 7) is 9.04. The number of carbonyl (C=O) groups is 1. The maximum Gasteiger partial charge on any atom is 0.423 e. The van der Waals surface area contributed by atoms with Crippen molar-refractivity contribution in [2.45, 2.75) is 71.6 Å². The van der Waals surface area contributed by atoms with E-state index in [0.717, 1.165) is 56.6 Å². The normalized spacial score (nSPS) is 20.4. The van der Waals surface area contributed by atoms with Crippen molar-refractivity contribution >= 4 is 17.3 Å². The summed E-state index contributed by atoms with van der Waals surface area (Å²) in [7, 11) is 0. The van der Waals surface area contributed by atoms with E-state index in [2.05, 4.69) is 30.7 Å². The Labute approximate surface area is 232 Å². The zero-order chi connectivity index (χ0) is 29.1. The summed E-state index contributed by atoms with van der Waals surface area (Å²) in [6, 6.07) is 7.15. The van der Waals surface area contributed by atoms with Gasteiger partial charge in [-0.15, -0.1) is 0 Å². The van der Waals surface area contributed by atoms with Crippen LogP contribution in [0.5, 0.6) is 5.88 Å². The van der Waals surface area contributed by atoms with Gasteiger partial charge in [0.15, 0.2) is 0 Å².